The molecule has 2 N–H and O–H groups in total. The minimum absolute atomic E-state index is 0.0720. The van der Waals surface area contributed by atoms with Gasteiger partial charge in [0.05, 0.1) is 17.5 Å². The van der Waals surface area contributed by atoms with Gasteiger partial charge < -0.3 is 0 Å². The molecular weight excluding hydrogens is 276 g/mol. The number of hydrazone groups is 1. The van der Waals surface area contributed by atoms with Crippen molar-refractivity contribution in [3.05, 3.63) is 29.8 Å². The van der Waals surface area contributed by atoms with Crippen molar-refractivity contribution in [1.29, 1.82) is 5.26 Å². The molecule has 0 saturated heterocycles. The molecule has 0 aliphatic carbocycles. The summed E-state index contributed by atoms with van der Waals surface area (Å²) in [4.78, 5) is 0. The van der Waals surface area contributed by atoms with Crippen LogP contribution in [0.2, 0.25) is 0 Å². The van der Waals surface area contributed by atoms with E-state index in [0.29, 0.717) is 19.3 Å². The summed E-state index contributed by atoms with van der Waals surface area (Å²) >= 11 is 0. The minimum Gasteiger partial charge on any atom is -0.279 e. The van der Waals surface area contributed by atoms with Gasteiger partial charge in [-0.25, -0.2) is 13.1 Å². The van der Waals surface area contributed by atoms with Crippen LogP contribution in [0.4, 0.5) is 5.69 Å². The highest BCUT2D eigenvalue weighted by atomic mass is 32.2. The average molecular weight is 294 g/mol. The van der Waals surface area contributed by atoms with Gasteiger partial charge in [-0.1, -0.05) is 12.1 Å². The Kier molecular flexibility index (Phi) is 6.70. The Morgan fingerprint density at radius 1 is 1.35 bits per heavy atom. The van der Waals surface area contributed by atoms with Crippen LogP contribution in [-0.4, -0.2) is 27.4 Å². The van der Waals surface area contributed by atoms with Crippen LogP contribution in [0.5, 0.6) is 0 Å². The average Bonchev–Trinajstić information content (AvgIpc) is 2.46. The molecule has 1 aromatic carbocycles. The molecule has 0 fully saturated rings. The van der Waals surface area contributed by atoms with Gasteiger partial charge in [0.15, 0.2) is 0 Å². The largest absolute Gasteiger partial charge is 0.279 e. The Balaban J connectivity index is 2.44. The molecule has 0 aliphatic rings. The molecule has 0 saturated carbocycles. The maximum atomic E-state index is 11.3. The van der Waals surface area contributed by atoms with Gasteiger partial charge >= 0.3 is 0 Å². The lowest BCUT2D eigenvalue weighted by atomic mass is 10.1. The van der Waals surface area contributed by atoms with Gasteiger partial charge in [-0.15, -0.1) is 0 Å². The van der Waals surface area contributed by atoms with Crippen LogP contribution in [0.25, 0.3) is 0 Å². The SMILES string of the molecule is CNS(=O)(=O)CCc1ccc(NN=CCCC#N)cc1. The van der Waals surface area contributed by atoms with E-state index in [-0.39, 0.29) is 5.75 Å². The Labute approximate surface area is 119 Å². The van der Waals surface area contributed by atoms with Gasteiger partial charge in [0.2, 0.25) is 10.0 Å². The zero-order valence-corrected chi connectivity index (χ0v) is 12.2. The second-order valence-corrected chi connectivity index (χ2v) is 6.14. The zero-order chi connectivity index (χ0) is 14.8. The fraction of sp³-hybridized carbons (Fsp3) is 0.385. The molecule has 0 heterocycles. The van der Waals surface area contributed by atoms with E-state index in [0.717, 1.165) is 11.3 Å². The molecule has 1 aromatic rings. The van der Waals surface area contributed by atoms with Crippen molar-refractivity contribution in [2.24, 2.45) is 5.10 Å². The number of benzene rings is 1. The lowest BCUT2D eigenvalue weighted by Gasteiger charge is -2.04. The molecule has 108 valence electrons. The van der Waals surface area contributed by atoms with Gasteiger partial charge in [-0.2, -0.15) is 10.4 Å². The summed E-state index contributed by atoms with van der Waals surface area (Å²) in [7, 11) is -1.76. The Morgan fingerprint density at radius 3 is 2.65 bits per heavy atom. The molecule has 0 spiro atoms. The van der Waals surface area contributed by atoms with Crippen molar-refractivity contribution in [3.63, 3.8) is 0 Å². The molecular formula is C13H18N4O2S. The lowest BCUT2D eigenvalue weighted by molar-refractivity contribution is 0.587. The number of nitriles is 1. The predicted molar refractivity (Wildman–Crippen MR) is 80.0 cm³/mol. The quantitative estimate of drug-likeness (QED) is 0.431. The molecule has 6 nitrogen and oxygen atoms in total. The smallest absolute Gasteiger partial charge is 0.211 e. The second kappa shape index (κ2) is 8.30. The van der Waals surface area contributed by atoms with Crippen molar-refractivity contribution < 1.29 is 8.42 Å². The summed E-state index contributed by atoms with van der Waals surface area (Å²) in [6.45, 7) is 0. The van der Waals surface area contributed by atoms with Gasteiger partial charge in [0, 0.05) is 12.6 Å². The van der Waals surface area contributed by atoms with Gasteiger partial charge in [0.25, 0.3) is 0 Å². The van der Waals surface area contributed by atoms with Crippen LogP contribution in [0.3, 0.4) is 0 Å². The van der Waals surface area contributed by atoms with Crippen LogP contribution >= 0.6 is 0 Å². The van der Waals surface area contributed by atoms with E-state index in [2.05, 4.69) is 15.2 Å². The molecule has 0 aliphatic heterocycles. The van der Waals surface area contributed by atoms with Crippen molar-refractivity contribution in [2.45, 2.75) is 19.3 Å². The third-order valence-electron chi connectivity index (χ3n) is 2.59. The first-order valence-corrected chi connectivity index (χ1v) is 7.87. The van der Waals surface area contributed by atoms with E-state index in [4.69, 9.17) is 5.26 Å². The Hall–Kier alpha value is -1.91. The first kappa shape index (κ1) is 16.1. The third-order valence-corrected chi connectivity index (χ3v) is 3.96. The van der Waals surface area contributed by atoms with Gasteiger partial charge in [-0.05, 0) is 37.6 Å². The Bertz CT molecular complexity index is 573. The Morgan fingerprint density at radius 2 is 2.05 bits per heavy atom. The van der Waals surface area contributed by atoms with Crippen LogP contribution in [0.1, 0.15) is 18.4 Å². The van der Waals surface area contributed by atoms with Crippen molar-refractivity contribution in [3.8, 4) is 6.07 Å². The van der Waals surface area contributed by atoms with Crippen molar-refractivity contribution in [2.75, 3.05) is 18.2 Å². The second-order valence-electron chi connectivity index (χ2n) is 4.09. The van der Waals surface area contributed by atoms with Crippen LogP contribution in [0, 0.1) is 11.3 Å². The molecule has 0 amide bonds. The fourth-order valence-corrected chi connectivity index (χ4v) is 2.12. The first-order valence-electron chi connectivity index (χ1n) is 6.22. The molecule has 1 rings (SSSR count). The summed E-state index contributed by atoms with van der Waals surface area (Å²) in [6.07, 6.45) is 3.18. The first-order chi connectivity index (χ1) is 9.57. The lowest BCUT2D eigenvalue weighted by Crippen LogP contribution is -2.23. The highest BCUT2D eigenvalue weighted by Crippen LogP contribution is 2.10. The number of unbranched alkanes of at least 4 members (excludes halogenated alkanes) is 1. The van der Waals surface area contributed by atoms with E-state index >= 15 is 0 Å². The summed E-state index contributed by atoms with van der Waals surface area (Å²) in [5.74, 6) is 0.0720. The summed E-state index contributed by atoms with van der Waals surface area (Å²) in [5.41, 5.74) is 4.61. The number of aryl methyl sites for hydroxylation is 1. The maximum Gasteiger partial charge on any atom is 0.211 e. The minimum atomic E-state index is -3.17. The predicted octanol–water partition coefficient (Wildman–Crippen LogP) is 1.48. The number of hydrogen-bond donors (Lipinski definition) is 2. The molecule has 0 bridgehead atoms. The van der Waals surface area contributed by atoms with E-state index in [1.165, 1.54) is 7.05 Å². The fourth-order valence-electron chi connectivity index (χ4n) is 1.41. The number of nitrogens with zero attached hydrogens (tertiary/aromatic N) is 2. The van der Waals surface area contributed by atoms with E-state index in [9.17, 15) is 8.42 Å². The zero-order valence-electron chi connectivity index (χ0n) is 11.3. The van der Waals surface area contributed by atoms with Gasteiger partial charge in [0.1, 0.15) is 0 Å². The highest BCUT2D eigenvalue weighted by molar-refractivity contribution is 7.89. The molecule has 0 unspecified atom stereocenters. The van der Waals surface area contributed by atoms with Crippen LogP contribution in [0.15, 0.2) is 29.4 Å². The van der Waals surface area contributed by atoms with Crippen LogP contribution in [-0.2, 0) is 16.4 Å². The summed E-state index contributed by atoms with van der Waals surface area (Å²) < 4.78 is 24.9. The summed E-state index contributed by atoms with van der Waals surface area (Å²) in [5, 5.41) is 12.3. The van der Waals surface area contributed by atoms with Crippen molar-refractivity contribution in [1.82, 2.24) is 4.72 Å². The molecule has 0 aromatic heterocycles. The maximum absolute atomic E-state index is 11.3. The highest BCUT2D eigenvalue weighted by Gasteiger charge is 2.06. The topological polar surface area (TPSA) is 94.3 Å². The van der Waals surface area contributed by atoms with E-state index < -0.39 is 10.0 Å². The number of hydrogen-bond acceptors (Lipinski definition) is 5. The normalized spacial score (nSPS) is 11.4. The molecule has 20 heavy (non-hydrogen) atoms. The number of rotatable bonds is 8. The standard InChI is InChI=1S/C13H18N4O2S/c1-15-20(18,19)11-8-12-4-6-13(7-5-12)17-16-10-3-2-9-14/h4-7,10,15,17H,2-3,8,11H2,1H3. The number of sulfonamides is 1. The van der Waals surface area contributed by atoms with Crippen LogP contribution < -0.4 is 10.1 Å². The third kappa shape index (κ3) is 6.31. The van der Waals surface area contributed by atoms with Crippen molar-refractivity contribution >= 4 is 21.9 Å². The summed E-state index contributed by atoms with van der Waals surface area (Å²) in [6, 6.07) is 9.42. The van der Waals surface area contributed by atoms with Gasteiger partial charge in [-0.3, -0.25) is 5.43 Å². The molecule has 7 heteroatoms. The molecule has 0 radical (unpaired) electrons. The number of nitrogens with one attached hydrogen (secondary N) is 2. The van der Waals surface area contributed by atoms with E-state index in [1.807, 2.05) is 30.3 Å². The molecule has 0 atom stereocenters. The monoisotopic (exact) mass is 294 g/mol. The number of anilines is 1. The van der Waals surface area contributed by atoms with E-state index in [1.54, 1.807) is 6.21 Å².